The van der Waals surface area contributed by atoms with Gasteiger partial charge in [0, 0.05) is 29.9 Å². The van der Waals surface area contributed by atoms with Gasteiger partial charge < -0.3 is 21.1 Å². The molecule has 0 fully saturated rings. The number of amides is 2. The van der Waals surface area contributed by atoms with E-state index in [1.165, 1.54) is 0 Å². The first-order chi connectivity index (χ1) is 12.1. The highest BCUT2D eigenvalue weighted by Gasteiger charge is 2.10. The molecule has 0 unspecified atom stereocenters. The summed E-state index contributed by atoms with van der Waals surface area (Å²) in [6, 6.07) is 12.3. The van der Waals surface area contributed by atoms with Gasteiger partial charge >= 0.3 is 0 Å². The fourth-order valence-corrected chi connectivity index (χ4v) is 2.37. The van der Waals surface area contributed by atoms with Crippen LogP contribution >= 0.6 is 0 Å². The fourth-order valence-electron chi connectivity index (χ4n) is 2.37. The lowest BCUT2D eigenvalue weighted by Crippen LogP contribution is -2.17. The summed E-state index contributed by atoms with van der Waals surface area (Å²) in [5.74, 6) is 0.315. The molecule has 0 aliphatic carbocycles. The summed E-state index contributed by atoms with van der Waals surface area (Å²) in [5, 5.41) is 5.68. The van der Waals surface area contributed by atoms with Crippen LogP contribution in [0.15, 0.2) is 42.5 Å². The number of ether oxygens (including phenoxy) is 1. The molecule has 25 heavy (non-hydrogen) atoms. The van der Waals surface area contributed by atoms with Crippen molar-refractivity contribution in [3.8, 4) is 5.75 Å². The molecule has 0 saturated carbocycles. The maximum absolute atomic E-state index is 12.3. The van der Waals surface area contributed by atoms with E-state index in [1.807, 2.05) is 19.1 Å². The molecule has 0 heterocycles. The zero-order valence-electron chi connectivity index (χ0n) is 14.5. The van der Waals surface area contributed by atoms with E-state index in [4.69, 9.17) is 10.5 Å². The molecule has 0 bridgehead atoms. The van der Waals surface area contributed by atoms with E-state index in [9.17, 15) is 9.59 Å². The van der Waals surface area contributed by atoms with E-state index in [2.05, 4.69) is 10.6 Å². The number of hydrogen-bond donors (Lipinski definition) is 3. The monoisotopic (exact) mass is 341 g/mol. The van der Waals surface area contributed by atoms with Crippen molar-refractivity contribution in [2.45, 2.75) is 19.8 Å². The number of anilines is 2. The third-order valence-corrected chi connectivity index (χ3v) is 3.75. The Morgan fingerprint density at radius 3 is 2.40 bits per heavy atom. The van der Waals surface area contributed by atoms with Crippen molar-refractivity contribution in [3.05, 3.63) is 53.6 Å². The van der Waals surface area contributed by atoms with Gasteiger partial charge in [0.1, 0.15) is 5.75 Å². The molecule has 6 nitrogen and oxygen atoms in total. The minimum Gasteiger partial charge on any atom is -0.497 e. The summed E-state index contributed by atoms with van der Waals surface area (Å²) < 4.78 is 5.08. The predicted octanol–water partition coefficient (Wildman–Crippen LogP) is 2.80. The standard InChI is InChI=1S/C19H23N3O3/c1-3-13-4-7-15(12-17(13)22-18(23)10-11-20)21-19(24)14-5-8-16(25-2)9-6-14/h4-9,12H,3,10-11,20H2,1-2H3,(H,21,24)(H,22,23). The van der Waals surface area contributed by atoms with Gasteiger partial charge in [-0.05, 0) is 48.4 Å². The molecule has 2 aromatic rings. The molecule has 4 N–H and O–H groups in total. The minimum absolute atomic E-state index is 0.143. The van der Waals surface area contributed by atoms with Crippen LogP contribution in [0.3, 0.4) is 0 Å². The largest absolute Gasteiger partial charge is 0.497 e. The molecule has 2 rings (SSSR count). The van der Waals surface area contributed by atoms with Crippen molar-refractivity contribution in [1.82, 2.24) is 0 Å². The Hall–Kier alpha value is -2.86. The smallest absolute Gasteiger partial charge is 0.255 e. The number of aryl methyl sites for hydroxylation is 1. The van der Waals surface area contributed by atoms with Gasteiger partial charge in [-0.1, -0.05) is 13.0 Å². The van der Waals surface area contributed by atoms with Gasteiger partial charge in [0.2, 0.25) is 5.91 Å². The lowest BCUT2D eigenvalue weighted by molar-refractivity contribution is -0.116. The van der Waals surface area contributed by atoms with Gasteiger partial charge in [-0.15, -0.1) is 0 Å². The van der Waals surface area contributed by atoms with Crippen LogP contribution in [0, 0.1) is 0 Å². The molecule has 0 radical (unpaired) electrons. The van der Waals surface area contributed by atoms with Crippen LogP contribution in [0.2, 0.25) is 0 Å². The summed E-state index contributed by atoms with van der Waals surface area (Å²) in [6.07, 6.45) is 1.02. The van der Waals surface area contributed by atoms with E-state index in [0.717, 1.165) is 12.0 Å². The molecule has 0 saturated heterocycles. The Labute approximate surface area is 147 Å². The average Bonchev–Trinajstić information content (AvgIpc) is 2.62. The minimum atomic E-state index is -0.230. The van der Waals surface area contributed by atoms with Crippen molar-refractivity contribution in [2.24, 2.45) is 5.73 Å². The molecule has 2 amide bonds. The van der Waals surface area contributed by atoms with E-state index < -0.39 is 0 Å². The maximum atomic E-state index is 12.3. The normalized spacial score (nSPS) is 10.2. The van der Waals surface area contributed by atoms with Crippen LogP contribution in [0.25, 0.3) is 0 Å². The topological polar surface area (TPSA) is 93.5 Å². The number of methoxy groups -OCH3 is 1. The second-order valence-corrected chi connectivity index (χ2v) is 5.49. The number of carbonyl (C=O) groups is 2. The maximum Gasteiger partial charge on any atom is 0.255 e. The Bertz CT molecular complexity index is 742. The second kappa shape index (κ2) is 8.84. The number of carbonyl (C=O) groups excluding carboxylic acids is 2. The second-order valence-electron chi connectivity index (χ2n) is 5.49. The molecule has 0 spiro atoms. The Kier molecular flexibility index (Phi) is 6.54. The van der Waals surface area contributed by atoms with Crippen LogP contribution in [0.1, 0.15) is 29.3 Å². The zero-order chi connectivity index (χ0) is 18.2. The van der Waals surface area contributed by atoms with Crippen LogP contribution in [-0.4, -0.2) is 25.5 Å². The highest BCUT2D eigenvalue weighted by atomic mass is 16.5. The van der Waals surface area contributed by atoms with Crippen molar-refractivity contribution in [1.29, 1.82) is 0 Å². The van der Waals surface area contributed by atoms with E-state index in [-0.39, 0.29) is 18.2 Å². The number of rotatable bonds is 7. The van der Waals surface area contributed by atoms with Crippen LogP contribution in [0.4, 0.5) is 11.4 Å². The number of nitrogens with two attached hydrogens (primary N) is 1. The van der Waals surface area contributed by atoms with Crippen molar-refractivity contribution in [3.63, 3.8) is 0 Å². The van der Waals surface area contributed by atoms with E-state index in [0.29, 0.717) is 29.2 Å². The first-order valence-corrected chi connectivity index (χ1v) is 8.15. The first-order valence-electron chi connectivity index (χ1n) is 8.15. The molecular weight excluding hydrogens is 318 g/mol. The van der Waals surface area contributed by atoms with Crippen LogP contribution in [0.5, 0.6) is 5.75 Å². The van der Waals surface area contributed by atoms with Gasteiger partial charge in [0.05, 0.1) is 7.11 Å². The van der Waals surface area contributed by atoms with Crippen molar-refractivity contribution in [2.75, 3.05) is 24.3 Å². The third kappa shape index (κ3) is 5.06. The SMILES string of the molecule is CCc1ccc(NC(=O)c2ccc(OC)cc2)cc1NC(=O)CCN. The Morgan fingerprint density at radius 1 is 1.08 bits per heavy atom. The number of nitrogens with one attached hydrogen (secondary N) is 2. The first kappa shape index (κ1) is 18.5. The number of benzene rings is 2. The summed E-state index contributed by atoms with van der Waals surface area (Å²) >= 11 is 0. The fraction of sp³-hybridized carbons (Fsp3) is 0.263. The molecular formula is C19H23N3O3. The van der Waals surface area contributed by atoms with Crippen molar-refractivity contribution >= 4 is 23.2 Å². The average molecular weight is 341 g/mol. The molecule has 0 aliphatic rings. The summed E-state index contributed by atoms with van der Waals surface area (Å²) in [6.45, 7) is 2.30. The van der Waals surface area contributed by atoms with Gasteiger partial charge in [0.25, 0.3) is 5.91 Å². The summed E-state index contributed by atoms with van der Waals surface area (Å²) in [4.78, 5) is 24.2. The molecule has 0 atom stereocenters. The molecule has 2 aromatic carbocycles. The van der Waals surface area contributed by atoms with Gasteiger partial charge in [-0.2, -0.15) is 0 Å². The van der Waals surface area contributed by atoms with Gasteiger partial charge in [-0.3, -0.25) is 9.59 Å². The van der Waals surface area contributed by atoms with E-state index in [1.54, 1.807) is 37.4 Å². The summed E-state index contributed by atoms with van der Waals surface area (Å²) in [7, 11) is 1.57. The lowest BCUT2D eigenvalue weighted by atomic mass is 10.1. The summed E-state index contributed by atoms with van der Waals surface area (Å²) in [5.41, 5.74) is 8.22. The number of hydrogen-bond acceptors (Lipinski definition) is 4. The predicted molar refractivity (Wildman–Crippen MR) is 99.1 cm³/mol. The quantitative estimate of drug-likeness (QED) is 0.722. The van der Waals surface area contributed by atoms with E-state index >= 15 is 0 Å². The Balaban J connectivity index is 2.15. The van der Waals surface area contributed by atoms with Gasteiger partial charge in [-0.25, -0.2) is 0 Å². The van der Waals surface area contributed by atoms with Crippen LogP contribution in [-0.2, 0) is 11.2 Å². The molecule has 132 valence electrons. The van der Waals surface area contributed by atoms with Gasteiger partial charge in [0.15, 0.2) is 0 Å². The zero-order valence-corrected chi connectivity index (χ0v) is 14.5. The lowest BCUT2D eigenvalue weighted by Gasteiger charge is -2.13. The molecule has 6 heteroatoms. The van der Waals surface area contributed by atoms with Crippen molar-refractivity contribution < 1.29 is 14.3 Å². The Morgan fingerprint density at radius 2 is 1.80 bits per heavy atom. The molecule has 0 aliphatic heterocycles. The highest BCUT2D eigenvalue weighted by molar-refractivity contribution is 6.04. The van der Waals surface area contributed by atoms with Crippen LogP contribution < -0.4 is 21.1 Å². The highest BCUT2D eigenvalue weighted by Crippen LogP contribution is 2.23. The third-order valence-electron chi connectivity index (χ3n) is 3.75. The molecule has 0 aromatic heterocycles.